The number of aromatic amines is 1. The van der Waals surface area contributed by atoms with Crippen molar-refractivity contribution in [3.05, 3.63) is 84.3 Å². The van der Waals surface area contributed by atoms with Crippen molar-refractivity contribution in [2.75, 3.05) is 5.32 Å². The number of nitrogens with zero attached hydrogens (tertiary/aromatic N) is 1. The number of amides is 1. The number of carbonyl (C=O) groups is 1. The third-order valence-corrected chi connectivity index (χ3v) is 5.31. The zero-order chi connectivity index (χ0) is 20.4. The minimum atomic E-state index is -4.24. The van der Waals surface area contributed by atoms with E-state index in [2.05, 4.69) is 15.5 Å². The smallest absolute Gasteiger partial charge is 0.339 e. The summed E-state index contributed by atoms with van der Waals surface area (Å²) in [7, 11) is -4.24. The van der Waals surface area contributed by atoms with Gasteiger partial charge in [-0.25, -0.2) is 4.39 Å². The lowest BCUT2D eigenvalue weighted by atomic mass is 10.2. The molecule has 0 atom stereocenters. The summed E-state index contributed by atoms with van der Waals surface area (Å²) in [5, 5.41) is 9.69. The molecule has 1 amide bonds. The largest absolute Gasteiger partial charge is 0.379 e. The number of fused-ring (bicyclic) bond motifs is 1. The van der Waals surface area contributed by atoms with Crippen molar-refractivity contribution in [1.29, 1.82) is 0 Å². The molecule has 0 aliphatic heterocycles. The van der Waals surface area contributed by atoms with Gasteiger partial charge in [-0.15, -0.1) is 0 Å². The third-order valence-electron chi connectivity index (χ3n) is 4.07. The molecule has 0 aliphatic carbocycles. The molecule has 0 unspecified atom stereocenters. The van der Waals surface area contributed by atoms with E-state index in [9.17, 15) is 17.6 Å². The second-order valence-electron chi connectivity index (χ2n) is 6.09. The van der Waals surface area contributed by atoms with Gasteiger partial charge in [-0.1, -0.05) is 24.3 Å². The molecule has 0 aliphatic rings. The summed E-state index contributed by atoms with van der Waals surface area (Å²) >= 11 is 0. The Morgan fingerprint density at radius 1 is 1.00 bits per heavy atom. The predicted octanol–water partition coefficient (Wildman–Crippen LogP) is 3.72. The van der Waals surface area contributed by atoms with E-state index in [1.54, 1.807) is 24.3 Å². The number of carbonyl (C=O) groups excluding carboxylic acids is 1. The Morgan fingerprint density at radius 2 is 1.79 bits per heavy atom. The molecular weight excluding hydrogens is 397 g/mol. The molecule has 0 spiro atoms. The van der Waals surface area contributed by atoms with Gasteiger partial charge in [0.25, 0.3) is 5.91 Å². The van der Waals surface area contributed by atoms with Crippen LogP contribution in [0.2, 0.25) is 0 Å². The van der Waals surface area contributed by atoms with Crippen molar-refractivity contribution < 1.29 is 21.8 Å². The van der Waals surface area contributed by atoms with Crippen LogP contribution in [0.3, 0.4) is 0 Å². The fourth-order valence-electron chi connectivity index (χ4n) is 2.73. The molecular formula is C20H14FN3O4S. The molecule has 0 saturated carbocycles. The predicted molar refractivity (Wildman–Crippen MR) is 105 cm³/mol. The number of para-hydroxylation sites is 1. The lowest BCUT2D eigenvalue weighted by molar-refractivity contribution is 0.102. The molecule has 7 nitrogen and oxygen atoms in total. The van der Waals surface area contributed by atoms with E-state index in [-0.39, 0.29) is 16.3 Å². The monoisotopic (exact) mass is 411 g/mol. The van der Waals surface area contributed by atoms with Crippen molar-refractivity contribution in [3.63, 3.8) is 0 Å². The molecule has 0 bridgehead atoms. The first-order chi connectivity index (χ1) is 13.9. The number of anilines is 1. The van der Waals surface area contributed by atoms with Crippen LogP contribution in [-0.2, 0) is 10.1 Å². The van der Waals surface area contributed by atoms with Gasteiger partial charge in [0, 0.05) is 17.1 Å². The van der Waals surface area contributed by atoms with Gasteiger partial charge in [0.2, 0.25) is 0 Å². The van der Waals surface area contributed by atoms with Gasteiger partial charge in [0.05, 0.1) is 5.52 Å². The number of hydrogen-bond acceptors (Lipinski definition) is 5. The van der Waals surface area contributed by atoms with Crippen LogP contribution in [0.5, 0.6) is 5.75 Å². The highest BCUT2D eigenvalue weighted by molar-refractivity contribution is 7.87. The average molecular weight is 411 g/mol. The lowest BCUT2D eigenvalue weighted by Gasteiger charge is -2.07. The average Bonchev–Trinajstić information content (AvgIpc) is 3.12. The topological polar surface area (TPSA) is 101 Å². The molecule has 0 radical (unpaired) electrons. The minimum Gasteiger partial charge on any atom is -0.379 e. The lowest BCUT2D eigenvalue weighted by Crippen LogP contribution is -2.13. The molecule has 2 N–H and O–H groups in total. The molecule has 4 aromatic rings. The summed E-state index contributed by atoms with van der Waals surface area (Å²) in [6, 6.07) is 17.7. The van der Waals surface area contributed by atoms with Crippen LogP contribution >= 0.6 is 0 Å². The first-order valence-electron chi connectivity index (χ1n) is 8.47. The maximum absolute atomic E-state index is 13.3. The van der Waals surface area contributed by atoms with Crippen LogP contribution in [0.25, 0.3) is 10.9 Å². The van der Waals surface area contributed by atoms with Gasteiger partial charge in [-0.2, -0.15) is 13.5 Å². The molecule has 3 aromatic carbocycles. The van der Waals surface area contributed by atoms with Crippen LogP contribution in [0, 0.1) is 5.82 Å². The molecule has 1 aromatic heterocycles. The van der Waals surface area contributed by atoms with E-state index in [0.29, 0.717) is 16.6 Å². The van der Waals surface area contributed by atoms with E-state index in [4.69, 9.17) is 4.18 Å². The van der Waals surface area contributed by atoms with E-state index in [0.717, 1.165) is 6.07 Å². The van der Waals surface area contributed by atoms with E-state index >= 15 is 0 Å². The summed E-state index contributed by atoms with van der Waals surface area (Å²) < 4.78 is 43.4. The maximum Gasteiger partial charge on any atom is 0.339 e. The van der Waals surface area contributed by atoms with Crippen molar-refractivity contribution in [2.45, 2.75) is 4.90 Å². The zero-order valence-electron chi connectivity index (χ0n) is 14.8. The number of aromatic nitrogens is 2. The highest BCUT2D eigenvalue weighted by Gasteiger charge is 2.21. The van der Waals surface area contributed by atoms with Crippen LogP contribution in [-0.4, -0.2) is 24.5 Å². The van der Waals surface area contributed by atoms with Crippen molar-refractivity contribution >= 4 is 32.6 Å². The zero-order valence-corrected chi connectivity index (χ0v) is 15.6. The van der Waals surface area contributed by atoms with Crippen molar-refractivity contribution in [3.8, 4) is 5.75 Å². The Morgan fingerprint density at radius 3 is 2.55 bits per heavy atom. The highest BCUT2D eigenvalue weighted by Crippen LogP contribution is 2.24. The van der Waals surface area contributed by atoms with Gasteiger partial charge >= 0.3 is 10.1 Å². The number of benzene rings is 3. The number of nitrogens with one attached hydrogen (secondary N) is 2. The highest BCUT2D eigenvalue weighted by atomic mass is 32.2. The van der Waals surface area contributed by atoms with E-state index < -0.39 is 21.8 Å². The van der Waals surface area contributed by atoms with Gasteiger partial charge < -0.3 is 9.50 Å². The van der Waals surface area contributed by atoms with Gasteiger partial charge in [-0.3, -0.25) is 9.89 Å². The standard InChI is InChI=1S/C20H14FN3O4S/c21-13-5-4-8-15(11-13)28-29(26,27)16-9-10-18-17(12-16)19(24-23-18)20(25)22-14-6-2-1-3-7-14/h1-12H,(H,22,25)(H,23,24). The van der Waals surface area contributed by atoms with Gasteiger partial charge in [-0.05, 0) is 42.5 Å². The summed E-state index contributed by atoms with van der Waals surface area (Å²) in [6.07, 6.45) is 0. The summed E-state index contributed by atoms with van der Waals surface area (Å²) in [5.41, 5.74) is 1.09. The molecule has 0 saturated heterocycles. The quantitative estimate of drug-likeness (QED) is 0.488. The normalized spacial score (nSPS) is 11.3. The van der Waals surface area contributed by atoms with E-state index in [1.165, 1.54) is 36.4 Å². The van der Waals surface area contributed by atoms with Crippen LogP contribution in [0.4, 0.5) is 10.1 Å². The van der Waals surface area contributed by atoms with Gasteiger partial charge in [0.15, 0.2) is 5.69 Å². The first kappa shape index (κ1) is 18.6. The summed E-state index contributed by atoms with van der Waals surface area (Å²) in [6.45, 7) is 0. The molecule has 0 fully saturated rings. The van der Waals surface area contributed by atoms with Crippen LogP contribution < -0.4 is 9.50 Å². The van der Waals surface area contributed by atoms with E-state index in [1.807, 2.05) is 6.07 Å². The molecule has 29 heavy (non-hydrogen) atoms. The minimum absolute atomic E-state index is 0.0339. The second kappa shape index (κ2) is 7.36. The fraction of sp³-hybridized carbons (Fsp3) is 0. The Labute approximate surface area is 165 Å². The molecule has 4 rings (SSSR count). The summed E-state index contributed by atoms with van der Waals surface area (Å²) in [4.78, 5) is 12.4. The van der Waals surface area contributed by atoms with Crippen LogP contribution in [0.15, 0.2) is 77.7 Å². The Kier molecular flexibility index (Phi) is 4.73. The second-order valence-corrected chi connectivity index (χ2v) is 7.64. The first-order valence-corrected chi connectivity index (χ1v) is 9.88. The SMILES string of the molecule is O=C(Nc1ccccc1)c1n[nH]c2ccc(S(=O)(=O)Oc3cccc(F)c3)cc12. The van der Waals surface area contributed by atoms with Gasteiger partial charge in [0.1, 0.15) is 16.5 Å². The Hall–Kier alpha value is -3.72. The number of H-pyrrole nitrogens is 1. The fourth-order valence-corrected chi connectivity index (χ4v) is 3.68. The number of halogens is 1. The molecule has 9 heteroatoms. The Bertz CT molecular complexity index is 1300. The number of hydrogen-bond donors (Lipinski definition) is 2. The maximum atomic E-state index is 13.3. The van der Waals surface area contributed by atoms with Crippen molar-refractivity contribution in [2.24, 2.45) is 0 Å². The molecule has 146 valence electrons. The molecule has 1 heterocycles. The Balaban J connectivity index is 1.66. The number of rotatable bonds is 5. The summed E-state index contributed by atoms with van der Waals surface area (Å²) in [5.74, 6) is -1.27. The third kappa shape index (κ3) is 3.94. The van der Waals surface area contributed by atoms with Crippen molar-refractivity contribution in [1.82, 2.24) is 10.2 Å². The van der Waals surface area contributed by atoms with Crippen LogP contribution in [0.1, 0.15) is 10.5 Å².